The van der Waals surface area contributed by atoms with Gasteiger partial charge in [-0.2, -0.15) is 0 Å². The Labute approximate surface area is 653 Å². The topological polar surface area (TPSA) is 71.3 Å². The Morgan fingerprint density at radius 1 is 0.167 bits per heavy atom. The molecule has 0 N–H and O–H groups in total. The van der Waals surface area contributed by atoms with E-state index in [1.165, 1.54) is 37.7 Å². The molecule has 0 saturated carbocycles. The summed E-state index contributed by atoms with van der Waals surface area (Å²) in [5.74, 6) is 1.20. The summed E-state index contributed by atoms with van der Waals surface area (Å²) in [6.45, 7) is 0. The van der Waals surface area contributed by atoms with Crippen molar-refractivity contribution < 1.29 is 0 Å². The van der Waals surface area contributed by atoms with Crippen molar-refractivity contribution in [1.29, 1.82) is 0 Å². The van der Waals surface area contributed by atoms with Gasteiger partial charge in [-0.3, -0.25) is 9.13 Å². The van der Waals surface area contributed by atoms with E-state index >= 15 is 0 Å². The lowest BCUT2D eigenvalue weighted by Gasteiger charge is -2.15. The zero-order valence-electron chi connectivity index (χ0n) is 61.5. The van der Waals surface area contributed by atoms with Crippen LogP contribution in [0, 0.1) is 0 Å². The van der Waals surface area contributed by atoms with Gasteiger partial charge in [0.2, 0.25) is 11.9 Å². The fourth-order valence-corrected chi connectivity index (χ4v) is 18.5. The van der Waals surface area contributed by atoms with Gasteiger partial charge < -0.3 is 9.13 Å². The van der Waals surface area contributed by atoms with Gasteiger partial charge in [0, 0.05) is 76.4 Å². The highest BCUT2D eigenvalue weighted by Crippen LogP contribution is 2.46. The van der Waals surface area contributed by atoms with Gasteiger partial charge >= 0.3 is 0 Å². The van der Waals surface area contributed by atoms with Crippen LogP contribution in [0.4, 0.5) is 0 Å². The molecule has 18 aromatic carbocycles. The Morgan fingerprint density at radius 3 is 1.19 bits per heavy atom. The molecule has 0 aliphatic rings. The van der Waals surface area contributed by atoms with Crippen LogP contribution in [0.1, 0.15) is 0 Å². The molecule has 0 fully saturated rings. The Bertz CT molecular complexity index is 8130. The molecule has 0 radical (unpaired) electrons. The zero-order valence-corrected chi connectivity index (χ0v) is 61.5. The SMILES string of the molecule is c1ccc(-c2ccc(-c3nc(-n4c5ccc(-n6c7ccccc7c7ccc(-c8ccc9nc(-n%10c%11ccc(-n%12c%13ccccc%13c%13ccccc%13%12)cc%11c%11c%12ccccc%12ccc%11%10)nc(-c%10cccc(-c%11ccc%12ccccc%12c%11)c%10)c9c8)cc76)cc5c5c6ccccc6ccc54)nc4ccccc34)cc2-c2ccccc2)cc1. The van der Waals surface area contributed by atoms with Gasteiger partial charge in [0.1, 0.15) is 0 Å². The molecule has 0 unspecified atom stereocenters. The summed E-state index contributed by atoms with van der Waals surface area (Å²) in [7, 11) is 0. The van der Waals surface area contributed by atoms with E-state index in [1.54, 1.807) is 0 Å². The molecule has 24 rings (SSSR count). The summed E-state index contributed by atoms with van der Waals surface area (Å²) in [4.78, 5) is 22.8. The number of fused-ring (bicyclic) bond motifs is 19. The van der Waals surface area contributed by atoms with Crippen molar-refractivity contribution >= 4 is 141 Å². The second-order valence-corrected chi connectivity index (χ2v) is 30.0. The summed E-state index contributed by atoms with van der Waals surface area (Å²) < 4.78 is 9.44. The summed E-state index contributed by atoms with van der Waals surface area (Å²) in [5.41, 5.74) is 25.1. The summed E-state index contributed by atoms with van der Waals surface area (Å²) in [5, 5.41) is 18.3. The molecule has 0 aliphatic heterocycles. The Balaban J connectivity index is 0.687. The average Bonchev–Trinajstić information content (AvgIpc) is 1.56. The van der Waals surface area contributed by atoms with Crippen LogP contribution in [-0.4, -0.2) is 38.2 Å². The number of rotatable bonds is 10. The predicted octanol–water partition coefficient (Wildman–Crippen LogP) is 27.4. The fraction of sp³-hybridized carbons (Fsp3) is 0. The Kier molecular flexibility index (Phi) is 14.0. The van der Waals surface area contributed by atoms with Crippen molar-refractivity contribution in [2.24, 2.45) is 0 Å². The molecule has 0 atom stereocenters. The van der Waals surface area contributed by atoms with Crippen LogP contribution in [0.2, 0.25) is 0 Å². The van der Waals surface area contributed by atoms with Gasteiger partial charge in [-0.15, -0.1) is 0 Å². The third-order valence-electron chi connectivity index (χ3n) is 23.7. The van der Waals surface area contributed by atoms with Crippen molar-refractivity contribution in [2.45, 2.75) is 0 Å². The summed E-state index contributed by atoms with van der Waals surface area (Å²) in [6.07, 6.45) is 0. The Hall–Kier alpha value is -15.4. The molecule has 0 amide bonds. The van der Waals surface area contributed by atoms with E-state index in [0.717, 1.165) is 182 Å². The van der Waals surface area contributed by atoms with E-state index in [0.29, 0.717) is 11.9 Å². The van der Waals surface area contributed by atoms with Gasteiger partial charge in [-0.05, 0) is 186 Å². The van der Waals surface area contributed by atoms with Gasteiger partial charge in [0.05, 0.1) is 66.6 Å². The van der Waals surface area contributed by atoms with Crippen LogP contribution in [0.3, 0.4) is 0 Å². The first-order valence-corrected chi connectivity index (χ1v) is 38.9. The molecule has 6 heterocycles. The maximum Gasteiger partial charge on any atom is 0.235 e. The number of benzene rings is 18. The molecular formula is C106H64N8. The monoisotopic (exact) mass is 1450 g/mol. The van der Waals surface area contributed by atoms with E-state index in [9.17, 15) is 0 Å². The quantitative estimate of drug-likeness (QED) is 0.137. The molecular weight excluding hydrogens is 1390 g/mol. The maximum atomic E-state index is 5.88. The predicted molar refractivity (Wildman–Crippen MR) is 475 cm³/mol. The highest BCUT2D eigenvalue weighted by molar-refractivity contribution is 6.24. The number of hydrogen-bond donors (Lipinski definition) is 0. The number of hydrogen-bond acceptors (Lipinski definition) is 4. The molecule has 528 valence electrons. The Morgan fingerprint density at radius 2 is 0.570 bits per heavy atom. The lowest BCUT2D eigenvalue weighted by molar-refractivity contribution is 1.01. The van der Waals surface area contributed by atoms with Crippen LogP contribution >= 0.6 is 0 Å². The zero-order chi connectivity index (χ0) is 74.6. The maximum absolute atomic E-state index is 5.88. The van der Waals surface area contributed by atoms with Crippen LogP contribution < -0.4 is 0 Å². The number of nitrogens with zero attached hydrogens (tertiary/aromatic N) is 8. The molecule has 114 heavy (non-hydrogen) atoms. The van der Waals surface area contributed by atoms with E-state index < -0.39 is 0 Å². The van der Waals surface area contributed by atoms with E-state index in [1.807, 2.05) is 0 Å². The molecule has 0 spiro atoms. The molecule has 0 saturated heterocycles. The number of para-hydroxylation sites is 4. The smallest absolute Gasteiger partial charge is 0.235 e. The first kappa shape index (κ1) is 63.5. The lowest BCUT2D eigenvalue weighted by atomic mass is 9.91. The average molecular weight is 1450 g/mol. The van der Waals surface area contributed by atoms with Crippen molar-refractivity contribution in [2.75, 3.05) is 0 Å². The van der Waals surface area contributed by atoms with Gasteiger partial charge in [-0.25, -0.2) is 19.9 Å². The van der Waals surface area contributed by atoms with Crippen molar-refractivity contribution in [3.05, 3.63) is 388 Å². The minimum Gasteiger partial charge on any atom is -0.309 e. The van der Waals surface area contributed by atoms with Crippen molar-refractivity contribution in [3.8, 4) is 90.3 Å². The minimum atomic E-state index is 0.595. The minimum absolute atomic E-state index is 0.595. The highest BCUT2D eigenvalue weighted by Gasteiger charge is 2.26. The molecule has 24 aromatic rings. The third kappa shape index (κ3) is 9.84. The second-order valence-electron chi connectivity index (χ2n) is 30.0. The first-order valence-electron chi connectivity index (χ1n) is 38.9. The van der Waals surface area contributed by atoms with Crippen LogP contribution in [0.15, 0.2) is 388 Å². The van der Waals surface area contributed by atoms with Crippen LogP contribution in [-0.2, 0) is 0 Å². The second kappa shape index (κ2) is 25.1. The molecule has 8 heteroatoms. The van der Waals surface area contributed by atoms with Gasteiger partial charge in [0.15, 0.2) is 0 Å². The van der Waals surface area contributed by atoms with Crippen molar-refractivity contribution in [1.82, 2.24) is 38.2 Å². The summed E-state index contributed by atoms with van der Waals surface area (Å²) in [6, 6.07) is 141. The molecule has 0 aliphatic carbocycles. The molecule has 6 aromatic heterocycles. The van der Waals surface area contributed by atoms with Gasteiger partial charge in [0.25, 0.3) is 0 Å². The standard InChI is InChI=1S/C106H64N8/c1-3-23-66(24-4-1)79-51-45-76(61-87(79)67-25-5-2-6-26-67)103-86-37-13-17-38-91(86)107-105(109-103)113-97-57-50-78(64-90(97)102-81-33-12-10-28-69(81)47-54-98(102)113)112-95-41-20-16-36-84(95)85-52-44-74(62-100(85)112)73-46-53-92-88(60-73)104(75-31-21-30-71(59-75)72-43-42-65-22-7-8-29-70(65)58-72)110-106(108-92)114-96-56-49-77(63-89(96)101-80-32-11-9-27-68(80)48-55-99(101)114)111-93-39-18-14-34-82(93)83-35-15-19-40-94(83)111/h1-64H. The molecule has 8 nitrogen and oxygen atoms in total. The normalized spacial score (nSPS) is 12.0. The van der Waals surface area contributed by atoms with E-state index in [4.69, 9.17) is 19.9 Å². The number of aromatic nitrogens is 8. The van der Waals surface area contributed by atoms with Crippen LogP contribution in [0.5, 0.6) is 0 Å². The van der Waals surface area contributed by atoms with E-state index in [2.05, 4.69) is 407 Å². The fourth-order valence-electron chi connectivity index (χ4n) is 18.5. The van der Waals surface area contributed by atoms with Crippen LogP contribution in [0.25, 0.3) is 232 Å². The first-order chi connectivity index (χ1) is 56.5. The third-order valence-corrected chi connectivity index (χ3v) is 23.7. The highest BCUT2D eigenvalue weighted by atomic mass is 15.2. The largest absolute Gasteiger partial charge is 0.309 e. The van der Waals surface area contributed by atoms with Gasteiger partial charge in [-0.1, -0.05) is 279 Å². The van der Waals surface area contributed by atoms with E-state index in [-0.39, 0.29) is 0 Å². The summed E-state index contributed by atoms with van der Waals surface area (Å²) >= 11 is 0. The molecule has 0 bridgehead atoms. The van der Waals surface area contributed by atoms with Crippen molar-refractivity contribution in [3.63, 3.8) is 0 Å². The lowest BCUT2D eigenvalue weighted by Crippen LogP contribution is -2.04.